The first-order chi connectivity index (χ1) is 10.8. The summed E-state index contributed by atoms with van der Waals surface area (Å²) in [7, 11) is 1.58. The van der Waals surface area contributed by atoms with Crippen LogP contribution in [0.1, 0.15) is 27.7 Å². The summed E-state index contributed by atoms with van der Waals surface area (Å²) >= 11 is 0. The van der Waals surface area contributed by atoms with Crippen LogP contribution in [0.3, 0.4) is 0 Å². The molecule has 5 heteroatoms. The van der Waals surface area contributed by atoms with Gasteiger partial charge in [0.05, 0.1) is 6.20 Å². The summed E-state index contributed by atoms with van der Waals surface area (Å²) < 4.78 is 1.72. The molecule has 1 amide bonds. The molecular formula is C17H16N4O. The van der Waals surface area contributed by atoms with Crippen LogP contribution in [0.15, 0.2) is 66.9 Å². The molecule has 0 spiro atoms. The van der Waals surface area contributed by atoms with E-state index in [2.05, 4.69) is 15.6 Å². The van der Waals surface area contributed by atoms with Crippen molar-refractivity contribution in [2.75, 3.05) is 7.05 Å². The molecule has 3 aromatic rings. The van der Waals surface area contributed by atoms with E-state index in [1.807, 2.05) is 60.7 Å². The summed E-state index contributed by atoms with van der Waals surface area (Å²) in [6, 6.07) is 19.9. The molecule has 110 valence electrons. The summed E-state index contributed by atoms with van der Waals surface area (Å²) in [5.74, 6) is -0.244. The molecule has 0 saturated carbocycles. The SMILES string of the molecule is CNC(=O)c1cn(C(c2ccccc2)c2ccccc2)nn1. The van der Waals surface area contributed by atoms with Crippen molar-refractivity contribution in [3.8, 4) is 0 Å². The molecule has 1 N–H and O–H groups in total. The molecule has 1 heterocycles. The lowest BCUT2D eigenvalue weighted by Crippen LogP contribution is -2.18. The third-order valence-electron chi connectivity index (χ3n) is 3.47. The number of hydrogen-bond acceptors (Lipinski definition) is 3. The van der Waals surface area contributed by atoms with E-state index in [0.717, 1.165) is 11.1 Å². The van der Waals surface area contributed by atoms with Crippen molar-refractivity contribution in [1.82, 2.24) is 20.3 Å². The number of amides is 1. The van der Waals surface area contributed by atoms with E-state index in [1.54, 1.807) is 17.9 Å². The first-order valence-electron chi connectivity index (χ1n) is 7.03. The van der Waals surface area contributed by atoms with E-state index in [1.165, 1.54) is 0 Å². The van der Waals surface area contributed by atoms with E-state index in [9.17, 15) is 4.79 Å². The lowest BCUT2D eigenvalue weighted by atomic mass is 9.99. The second-order valence-electron chi connectivity index (χ2n) is 4.89. The Morgan fingerprint density at radius 2 is 1.55 bits per heavy atom. The van der Waals surface area contributed by atoms with Gasteiger partial charge in [-0.25, -0.2) is 4.68 Å². The molecule has 0 unspecified atom stereocenters. The van der Waals surface area contributed by atoms with Gasteiger partial charge in [0.15, 0.2) is 5.69 Å². The molecule has 3 rings (SSSR count). The zero-order chi connectivity index (χ0) is 15.4. The first kappa shape index (κ1) is 14.0. The van der Waals surface area contributed by atoms with Gasteiger partial charge in [0, 0.05) is 7.05 Å². The second kappa shape index (κ2) is 6.22. The minimum absolute atomic E-state index is 0.117. The van der Waals surface area contributed by atoms with Crippen LogP contribution in [0.4, 0.5) is 0 Å². The Labute approximate surface area is 128 Å². The van der Waals surface area contributed by atoms with E-state index in [-0.39, 0.29) is 11.9 Å². The van der Waals surface area contributed by atoms with Crippen molar-refractivity contribution in [3.05, 3.63) is 83.7 Å². The maximum absolute atomic E-state index is 11.7. The van der Waals surface area contributed by atoms with Gasteiger partial charge in [-0.1, -0.05) is 65.9 Å². The maximum atomic E-state index is 11.7. The van der Waals surface area contributed by atoms with E-state index in [0.29, 0.717) is 5.69 Å². The number of hydrogen-bond donors (Lipinski definition) is 1. The Balaban J connectivity index is 2.06. The van der Waals surface area contributed by atoms with Crippen LogP contribution in [-0.2, 0) is 0 Å². The number of nitrogens with one attached hydrogen (secondary N) is 1. The van der Waals surface area contributed by atoms with E-state index in [4.69, 9.17) is 0 Å². The van der Waals surface area contributed by atoms with Gasteiger partial charge in [-0.3, -0.25) is 4.79 Å². The zero-order valence-electron chi connectivity index (χ0n) is 12.2. The van der Waals surface area contributed by atoms with Crippen LogP contribution in [-0.4, -0.2) is 27.9 Å². The Hall–Kier alpha value is -2.95. The molecule has 22 heavy (non-hydrogen) atoms. The van der Waals surface area contributed by atoms with Crippen molar-refractivity contribution in [2.24, 2.45) is 0 Å². The molecule has 0 aliphatic heterocycles. The van der Waals surface area contributed by atoms with Crippen molar-refractivity contribution in [1.29, 1.82) is 0 Å². The van der Waals surface area contributed by atoms with Crippen LogP contribution >= 0.6 is 0 Å². The average Bonchev–Trinajstić information content (AvgIpc) is 3.06. The number of benzene rings is 2. The molecule has 0 saturated heterocycles. The topological polar surface area (TPSA) is 59.8 Å². The zero-order valence-corrected chi connectivity index (χ0v) is 12.2. The van der Waals surface area contributed by atoms with Crippen molar-refractivity contribution in [2.45, 2.75) is 6.04 Å². The fourth-order valence-corrected chi connectivity index (χ4v) is 2.40. The highest BCUT2D eigenvalue weighted by Crippen LogP contribution is 2.25. The smallest absolute Gasteiger partial charge is 0.273 e. The van der Waals surface area contributed by atoms with Gasteiger partial charge in [-0.05, 0) is 11.1 Å². The van der Waals surface area contributed by atoms with Gasteiger partial charge in [-0.2, -0.15) is 0 Å². The normalized spacial score (nSPS) is 10.6. The second-order valence-corrected chi connectivity index (χ2v) is 4.89. The molecule has 0 aliphatic rings. The average molecular weight is 292 g/mol. The molecule has 0 fully saturated rings. The molecule has 0 bridgehead atoms. The summed E-state index contributed by atoms with van der Waals surface area (Å²) in [6.45, 7) is 0. The lowest BCUT2D eigenvalue weighted by Gasteiger charge is -2.17. The van der Waals surface area contributed by atoms with Gasteiger partial charge in [0.25, 0.3) is 5.91 Å². The highest BCUT2D eigenvalue weighted by molar-refractivity contribution is 5.91. The lowest BCUT2D eigenvalue weighted by molar-refractivity contribution is 0.0958. The quantitative estimate of drug-likeness (QED) is 0.802. The fourth-order valence-electron chi connectivity index (χ4n) is 2.40. The number of carbonyl (C=O) groups is 1. The van der Waals surface area contributed by atoms with E-state index < -0.39 is 0 Å². The minimum atomic E-state index is -0.244. The third-order valence-corrected chi connectivity index (χ3v) is 3.47. The summed E-state index contributed by atoms with van der Waals surface area (Å²) in [6.07, 6.45) is 1.67. The van der Waals surface area contributed by atoms with E-state index >= 15 is 0 Å². The number of carbonyl (C=O) groups excluding carboxylic acids is 1. The highest BCUT2D eigenvalue weighted by atomic mass is 16.1. The van der Waals surface area contributed by atoms with Crippen LogP contribution in [0.25, 0.3) is 0 Å². The first-order valence-corrected chi connectivity index (χ1v) is 7.03. The monoisotopic (exact) mass is 292 g/mol. The molecule has 2 aromatic carbocycles. The minimum Gasteiger partial charge on any atom is -0.354 e. The van der Waals surface area contributed by atoms with Gasteiger partial charge in [-0.15, -0.1) is 5.10 Å². The number of nitrogens with zero attached hydrogens (tertiary/aromatic N) is 3. The van der Waals surface area contributed by atoms with Crippen molar-refractivity contribution >= 4 is 5.91 Å². The Morgan fingerprint density at radius 3 is 2.05 bits per heavy atom. The predicted octanol–water partition coefficient (Wildman–Crippen LogP) is 2.28. The fraction of sp³-hybridized carbons (Fsp3) is 0.118. The van der Waals surface area contributed by atoms with Crippen molar-refractivity contribution < 1.29 is 4.79 Å². The van der Waals surface area contributed by atoms with Gasteiger partial charge < -0.3 is 5.32 Å². The Morgan fingerprint density at radius 1 is 1.00 bits per heavy atom. The molecule has 0 atom stereocenters. The Kier molecular flexibility index (Phi) is 3.96. The summed E-state index contributed by atoms with van der Waals surface area (Å²) in [5, 5.41) is 10.7. The predicted molar refractivity (Wildman–Crippen MR) is 83.5 cm³/mol. The van der Waals surface area contributed by atoms with Crippen LogP contribution in [0.2, 0.25) is 0 Å². The molecule has 1 aromatic heterocycles. The third kappa shape index (κ3) is 2.74. The van der Waals surface area contributed by atoms with Crippen molar-refractivity contribution in [3.63, 3.8) is 0 Å². The number of rotatable bonds is 4. The van der Waals surface area contributed by atoms with Crippen LogP contribution in [0, 0.1) is 0 Å². The molecule has 5 nitrogen and oxygen atoms in total. The summed E-state index contributed by atoms with van der Waals surface area (Å²) in [4.78, 5) is 11.7. The van der Waals surface area contributed by atoms with Gasteiger partial charge in [0.2, 0.25) is 0 Å². The van der Waals surface area contributed by atoms with Crippen LogP contribution < -0.4 is 5.32 Å². The van der Waals surface area contributed by atoms with Gasteiger partial charge in [0.1, 0.15) is 6.04 Å². The van der Waals surface area contributed by atoms with Crippen LogP contribution in [0.5, 0.6) is 0 Å². The largest absolute Gasteiger partial charge is 0.354 e. The summed E-state index contributed by atoms with van der Waals surface area (Å²) in [5.41, 5.74) is 2.48. The Bertz CT molecular complexity index is 713. The number of aromatic nitrogens is 3. The highest BCUT2D eigenvalue weighted by Gasteiger charge is 2.19. The molecular weight excluding hydrogens is 276 g/mol. The molecule has 0 radical (unpaired) electrons. The molecule has 0 aliphatic carbocycles. The van der Waals surface area contributed by atoms with Gasteiger partial charge >= 0.3 is 0 Å². The maximum Gasteiger partial charge on any atom is 0.273 e. The standard InChI is InChI=1S/C17H16N4O/c1-18-17(22)15-12-21(20-19-15)16(13-8-4-2-5-9-13)14-10-6-3-7-11-14/h2-12,16H,1H3,(H,18,22).